The zero-order valence-electron chi connectivity index (χ0n) is 9.70. The highest BCUT2D eigenvalue weighted by Crippen LogP contribution is 2.18. The number of nitrogens with one attached hydrogen (secondary N) is 1. The van der Waals surface area contributed by atoms with E-state index in [1.54, 1.807) is 11.8 Å². The maximum absolute atomic E-state index is 12.1. The number of H-pyrrole nitrogens is 1. The first-order valence-corrected chi connectivity index (χ1v) is 6.20. The fourth-order valence-corrected chi connectivity index (χ4v) is 2.31. The molecule has 0 aliphatic carbocycles. The number of carbonyl (C=O) groups is 1. The van der Waals surface area contributed by atoms with Crippen LogP contribution in [0.5, 0.6) is 0 Å². The van der Waals surface area contributed by atoms with Crippen LogP contribution in [0, 0.1) is 12.8 Å². The van der Waals surface area contributed by atoms with Crippen molar-refractivity contribution in [1.82, 2.24) is 9.88 Å². The molecule has 0 aromatic carbocycles. The molecule has 1 fully saturated rings. The van der Waals surface area contributed by atoms with Crippen molar-refractivity contribution < 1.29 is 4.79 Å². The molecule has 1 unspecified atom stereocenters. The summed E-state index contributed by atoms with van der Waals surface area (Å²) in [6.45, 7) is 3.12. The molecule has 5 heteroatoms. The number of aromatic amines is 1. The molecule has 1 amide bonds. The number of likely N-dealkylation sites (tertiary alicyclic amines) is 1. The highest BCUT2D eigenvalue weighted by Gasteiger charge is 2.27. The number of nitrogens with zero attached hydrogens (tertiary/aromatic N) is 1. The fraction of sp³-hybridized carbons (Fsp3) is 0.500. The van der Waals surface area contributed by atoms with Crippen LogP contribution >= 0.6 is 11.6 Å². The Labute approximate surface area is 105 Å². The van der Waals surface area contributed by atoms with Crippen molar-refractivity contribution in [3.05, 3.63) is 33.7 Å². The van der Waals surface area contributed by atoms with Crippen molar-refractivity contribution in [3.8, 4) is 0 Å². The average Bonchev–Trinajstić information content (AvgIpc) is 2.76. The number of amides is 1. The molecule has 0 saturated carbocycles. The van der Waals surface area contributed by atoms with E-state index in [2.05, 4.69) is 4.98 Å². The van der Waals surface area contributed by atoms with Crippen LogP contribution in [0.15, 0.2) is 17.1 Å². The minimum Gasteiger partial charge on any atom is -0.364 e. The Morgan fingerprint density at radius 3 is 3.00 bits per heavy atom. The lowest BCUT2D eigenvalue weighted by Gasteiger charge is -2.15. The van der Waals surface area contributed by atoms with E-state index in [1.807, 2.05) is 0 Å². The summed E-state index contributed by atoms with van der Waals surface area (Å²) < 4.78 is 0. The molecule has 4 nitrogen and oxygen atoms in total. The SMILES string of the molecule is Cc1cc(=O)c(C(=O)N2CCC(CCl)C2)c[nH]1. The second kappa shape index (κ2) is 4.92. The van der Waals surface area contributed by atoms with Crippen molar-refractivity contribution in [2.75, 3.05) is 19.0 Å². The summed E-state index contributed by atoms with van der Waals surface area (Å²) in [6, 6.07) is 1.45. The largest absolute Gasteiger partial charge is 0.364 e. The fourth-order valence-electron chi connectivity index (χ4n) is 2.05. The molecule has 1 N–H and O–H groups in total. The van der Waals surface area contributed by atoms with Crippen LogP contribution < -0.4 is 5.43 Å². The van der Waals surface area contributed by atoms with Crippen LogP contribution in [0.25, 0.3) is 0 Å². The molecule has 92 valence electrons. The molecular weight excluding hydrogens is 240 g/mol. The highest BCUT2D eigenvalue weighted by atomic mass is 35.5. The maximum Gasteiger partial charge on any atom is 0.259 e. The smallest absolute Gasteiger partial charge is 0.259 e. The van der Waals surface area contributed by atoms with Crippen LogP contribution in [-0.4, -0.2) is 34.8 Å². The number of aromatic nitrogens is 1. The van der Waals surface area contributed by atoms with Gasteiger partial charge in [0.1, 0.15) is 5.56 Å². The second-order valence-electron chi connectivity index (χ2n) is 4.45. The van der Waals surface area contributed by atoms with Gasteiger partial charge in [-0.1, -0.05) is 0 Å². The third kappa shape index (κ3) is 2.52. The van der Waals surface area contributed by atoms with Gasteiger partial charge >= 0.3 is 0 Å². The first kappa shape index (κ1) is 12.2. The van der Waals surface area contributed by atoms with E-state index in [9.17, 15) is 9.59 Å². The number of halogens is 1. The third-order valence-corrected chi connectivity index (χ3v) is 3.52. The van der Waals surface area contributed by atoms with Gasteiger partial charge in [0.25, 0.3) is 5.91 Å². The van der Waals surface area contributed by atoms with Gasteiger partial charge in [-0.2, -0.15) is 0 Å². The van der Waals surface area contributed by atoms with Crippen molar-refractivity contribution in [2.45, 2.75) is 13.3 Å². The Hall–Kier alpha value is -1.29. The number of aryl methyl sites for hydroxylation is 1. The van der Waals surface area contributed by atoms with Gasteiger partial charge in [0.05, 0.1) is 0 Å². The number of alkyl halides is 1. The summed E-state index contributed by atoms with van der Waals surface area (Å²) >= 11 is 5.77. The Morgan fingerprint density at radius 2 is 2.41 bits per heavy atom. The van der Waals surface area contributed by atoms with Crippen molar-refractivity contribution in [2.24, 2.45) is 5.92 Å². The number of carbonyl (C=O) groups excluding carboxylic acids is 1. The Morgan fingerprint density at radius 1 is 1.65 bits per heavy atom. The Bertz CT molecular complexity index is 484. The summed E-state index contributed by atoms with van der Waals surface area (Å²) in [7, 11) is 0. The van der Waals surface area contributed by atoms with E-state index in [1.165, 1.54) is 12.3 Å². The molecule has 2 rings (SSSR count). The summed E-state index contributed by atoms with van der Waals surface area (Å²) in [5.41, 5.74) is 0.748. The summed E-state index contributed by atoms with van der Waals surface area (Å²) in [5, 5.41) is 0. The Kier molecular flexibility index (Phi) is 3.52. The molecule has 1 saturated heterocycles. The number of hydrogen-bond acceptors (Lipinski definition) is 2. The van der Waals surface area contributed by atoms with Crippen molar-refractivity contribution in [1.29, 1.82) is 0 Å². The molecule has 0 spiro atoms. The second-order valence-corrected chi connectivity index (χ2v) is 4.76. The topological polar surface area (TPSA) is 53.2 Å². The molecule has 1 aromatic rings. The molecule has 0 radical (unpaired) electrons. The van der Waals surface area contributed by atoms with E-state index in [4.69, 9.17) is 11.6 Å². The van der Waals surface area contributed by atoms with Gasteiger partial charge in [-0.25, -0.2) is 0 Å². The average molecular weight is 255 g/mol. The Balaban J connectivity index is 2.18. The zero-order valence-corrected chi connectivity index (χ0v) is 10.5. The minimum absolute atomic E-state index is 0.195. The molecule has 2 heterocycles. The number of rotatable bonds is 2. The first-order chi connectivity index (χ1) is 8.11. The van der Waals surface area contributed by atoms with Gasteiger partial charge < -0.3 is 9.88 Å². The quantitative estimate of drug-likeness (QED) is 0.811. The lowest BCUT2D eigenvalue weighted by Crippen LogP contribution is -2.32. The van der Waals surface area contributed by atoms with Crippen LogP contribution in [0.3, 0.4) is 0 Å². The van der Waals surface area contributed by atoms with Crippen LogP contribution in [0.4, 0.5) is 0 Å². The van der Waals surface area contributed by atoms with Crippen molar-refractivity contribution >= 4 is 17.5 Å². The van der Waals surface area contributed by atoms with E-state index >= 15 is 0 Å². The van der Waals surface area contributed by atoms with Crippen LogP contribution in [0.1, 0.15) is 22.5 Å². The van der Waals surface area contributed by atoms with E-state index < -0.39 is 0 Å². The van der Waals surface area contributed by atoms with Gasteiger partial charge in [0.2, 0.25) is 0 Å². The molecule has 1 aromatic heterocycles. The minimum atomic E-state index is -0.222. The monoisotopic (exact) mass is 254 g/mol. The first-order valence-electron chi connectivity index (χ1n) is 5.66. The predicted molar refractivity (Wildman–Crippen MR) is 66.5 cm³/mol. The van der Waals surface area contributed by atoms with Gasteiger partial charge in [0.15, 0.2) is 5.43 Å². The molecule has 1 aliphatic rings. The van der Waals surface area contributed by atoms with Gasteiger partial charge in [-0.3, -0.25) is 9.59 Å². The molecule has 17 heavy (non-hydrogen) atoms. The normalized spacial score (nSPS) is 19.6. The maximum atomic E-state index is 12.1. The van der Waals surface area contributed by atoms with Gasteiger partial charge in [-0.05, 0) is 19.3 Å². The summed E-state index contributed by atoms with van der Waals surface area (Å²) in [6.07, 6.45) is 2.41. The predicted octanol–water partition coefficient (Wildman–Crippen LogP) is 1.38. The van der Waals surface area contributed by atoms with Crippen LogP contribution in [0.2, 0.25) is 0 Å². The standard InChI is InChI=1S/C12H15ClN2O2/c1-8-4-11(16)10(6-14-8)12(17)15-3-2-9(5-13)7-15/h4,6,9H,2-3,5,7H2,1H3,(H,14,16). The van der Waals surface area contributed by atoms with Crippen LogP contribution in [-0.2, 0) is 0 Å². The summed E-state index contributed by atoms with van der Waals surface area (Å²) in [4.78, 5) is 28.4. The van der Waals surface area contributed by atoms with E-state index in [0.29, 0.717) is 24.9 Å². The number of pyridine rings is 1. The van der Waals surface area contributed by atoms with E-state index in [-0.39, 0.29) is 16.9 Å². The van der Waals surface area contributed by atoms with Crippen molar-refractivity contribution in [3.63, 3.8) is 0 Å². The lowest BCUT2D eigenvalue weighted by molar-refractivity contribution is 0.0786. The lowest BCUT2D eigenvalue weighted by atomic mass is 10.2. The third-order valence-electron chi connectivity index (χ3n) is 3.08. The highest BCUT2D eigenvalue weighted by molar-refractivity contribution is 6.18. The summed E-state index contributed by atoms with van der Waals surface area (Å²) in [5.74, 6) is 0.720. The molecule has 1 aliphatic heterocycles. The zero-order chi connectivity index (χ0) is 12.4. The molecule has 0 bridgehead atoms. The van der Waals surface area contributed by atoms with Gasteiger partial charge in [-0.15, -0.1) is 11.6 Å². The molecule has 1 atom stereocenters. The number of hydrogen-bond donors (Lipinski definition) is 1. The van der Waals surface area contributed by atoms with E-state index in [0.717, 1.165) is 12.1 Å². The molecular formula is C12H15ClN2O2. The van der Waals surface area contributed by atoms with Gasteiger partial charge in [0, 0.05) is 36.9 Å².